The molecule has 0 aliphatic rings. The number of benzene rings is 1. The molecule has 0 aliphatic heterocycles. The second-order valence-electron chi connectivity index (χ2n) is 3.30. The number of hydrogen-bond acceptors (Lipinski definition) is 4. The first-order chi connectivity index (χ1) is 8.79. The highest BCUT2D eigenvalue weighted by Gasteiger charge is 2.22. The highest BCUT2D eigenvalue weighted by atomic mass is 35.5. The molecule has 0 spiro atoms. The lowest BCUT2D eigenvalue weighted by Crippen LogP contribution is -2.31. The predicted octanol–water partition coefficient (Wildman–Crippen LogP) is 1.97. The van der Waals surface area contributed by atoms with Crippen LogP contribution in [0.5, 0.6) is 0 Å². The second kappa shape index (κ2) is 6.51. The van der Waals surface area contributed by atoms with Crippen molar-refractivity contribution < 1.29 is 22.3 Å². The van der Waals surface area contributed by atoms with Gasteiger partial charge >= 0.3 is 5.97 Å². The van der Waals surface area contributed by atoms with E-state index >= 15 is 0 Å². The van der Waals surface area contributed by atoms with Gasteiger partial charge in [0, 0.05) is 0 Å². The van der Waals surface area contributed by atoms with Crippen LogP contribution in [0.25, 0.3) is 0 Å². The summed E-state index contributed by atoms with van der Waals surface area (Å²) in [7, 11) is -4.13. The first-order valence-corrected chi connectivity index (χ1v) is 7.32. The van der Waals surface area contributed by atoms with E-state index in [1.807, 2.05) is 4.72 Å². The van der Waals surface area contributed by atoms with Crippen LogP contribution in [-0.4, -0.2) is 27.5 Å². The first kappa shape index (κ1) is 16.2. The Morgan fingerprint density at radius 2 is 2.05 bits per heavy atom. The zero-order valence-corrected chi connectivity index (χ0v) is 12.1. The molecule has 0 saturated heterocycles. The highest BCUT2D eigenvalue weighted by molar-refractivity contribution is 7.89. The monoisotopic (exact) mass is 329 g/mol. The van der Waals surface area contributed by atoms with Crippen LogP contribution in [0, 0.1) is 5.82 Å². The minimum atomic E-state index is -4.13. The van der Waals surface area contributed by atoms with Crippen molar-refractivity contribution in [3.63, 3.8) is 0 Å². The third-order valence-corrected chi connectivity index (χ3v) is 4.22. The van der Waals surface area contributed by atoms with Gasteiger partial charge in [0.05, 0.1) is 16.7 Å². The molecule has 0 atom stereocenters. The van der Waals surface area contributed by atoms with Crippen LogP contribution in [-0.2, 0) is 19.6 Å². The quantitative estimate of drug-likeness (QED) is 0.662. The van der Waals surface area contributed by atoms with E-state index in [0.717, 1.165) is 12.1 Å². The number of esters is 1. The standard InChI is InChI=1S/C10H10Cl2FNO4S/c1-2-18-8(15)5-14-19(16,17)7-4-3-6(11)10(13)9(7)12/h3-4,14H,2,5H2,1H3. The fourth-order valence-corrected chi connectivity index (χ4v) is 2.87. The first-order valence-electron chi connectivity index (χ1n) is 5.08. The number of carbonyl (C=O) groups excluding carboxylic acids is 1. The minimum Gasteiger partial charge on any atom is -0.465 e. The molecule has 5 nitrogen and oxygen atoms in total. The Hall–Kier alpha value is -0.890. The summed E-state index contributed by atoms with van der Waals surface area (Å²) in [6, 6.07) is 2.10. The summed E-state index contributed by atoms with van der Waals surface area (Å²) >= 11 is 11.0. The van der Waals surface area contributed by atoms with Gasteiger partial charge in [-0.15, -0.1) is 0 Å². The largest absolute Gasteiger partial charge is 0.465 e. The number of ether oxygens (including phenoxy) is 1. The molecule has 0 amide bonds. The Morgan fingerprint density at radius 3 is 2.63 bits per heavy atom. The minimum absolute atomic E-state index is 0.122. The zero-order chi connectivity index (χ0) is 14.6. The molecule has 106 valence electrons. The Bertz CT molecular complexity index is 591. The van der Waals surface area contributed by atoms with Gasteiger partial charge in [-0.05, 0) is 19.1 Å². The van der Waals surface area contributed by atoms with Crippen molar-refractivity contribution in [2.24, 2.45) is 0 Å². The smallest absolute Gasteiger partial charge is 0.321 e. The number of hydrogen-bond donors (Lipinski definition) is 1. The molecule has 1 rings (SSSR count). The molecule has 0 aromatic heterocycles. The number of carbonyl (C=O) groups is 1. The maximum atomic E-state index is 13.4. The Labute approximate surface area is 119 Å². The predicted molar refractivity (Wildman–Crippen MR) is 68.2 cm³/mol. The molecule has 0 bridgehead atoms. The fraction of sp³-hybridized carbons (Fsp3) is 0.300. The third-order valence-electron chi connectivity index (χ3n) is 2.00. The average molecular weight is 330 g/mol. The summed E-state index contributed by atoms with van der Waals surface area (Å²) < 4.78 is 43.5. The van der Waals surface area contributed by atoms with Crippen molar-refractivity contribution in [3.05, 3.63) is 28.0 Å². The molecule has 0 heterocycles. The van der Waals surface area contributed by atoms with Gasteiger partial charge in [-0.25, -0.2) is 12.8 Å². The van der Waals surface area contributed by atoms with Crippen LogP contribution in [0.15, 0.2) is 17.0 Å². The van der Waals surface area contributed by atoms with Crippen LogP contribution < -0.4 is 4.72 Å². The molecule has 9 heteroatoms. The zero-order valence-electron chi connectivity index (χ0n) is 9.74. The van der Waals surface area contributed by atoms with Crippen molar-refractivity contribution >= 4 is 39.2 Å². The summed E-state index contributed by atoms with van der Waals surface area (Å²) in [6.07, 6.45) is 0. The number of sulfonamides is 1. The highest BCUT2D eigenvalue weighted by Crippen LogP contribution is 2.29. The molecular weight excluding hydrogens is 320 g/mol. The average Bonchev–Trinajstić information content (AvgIpc) is 2.34. The van der Waals surface area contributed by atoms with Crippen LogP contribution in [0.1, 0.15) is 6.92 Å². The molecule has 1 N–H and O–H groups in total. The maximum absolute atomic E-state index is 13.4. The van der Waals surface area contributed by atoms with E-state index in [9.17, 15) is 17.6 Å². The van der Waals surface area contributed by atoms with Crippen LogP contribution >= 0.6 is 23.2 Å². The lowest BCUT2D eigenvalue weighted by molar-refractivity contribution is -0.141. The molecular formula is C10H10Cl2FNO4S. The van der Waals surface area contributed by atoms with Crippen molar-refractivity contribution in [2.45, 2.75) is 11.8 Å². The van der Waals surface area contributed by atoms with Crippen molar-refractivity contribution in [1.82, 2.24) is 4.72 Å². The topological polar surface area (TPSA) is 72.5 Å². The summed E-state index contributed by atoms with van der Waals surface area (Å²) in [5, 5.41) is -0.932. The molecule has 19 heavy (non-hydrogen) atoms. The van der Waals surface area contributed by atoms with Crippen LogP contribution in [0.3, 0.4) is 0 Å². The van der Waals surface area contributed by atoms with Gasteiger partial charge in [-0.2, -0.15) is 4.72 Å². The van der Waals surface area contributed by atoms with Gasteiger partial charge in [0.2, 0.25) is 10.0 Å². The summed E-state index contributed by atoms with van der Waals surface area (Å²) in [6.45, 7) is 1.13. The molecule has 0 fully saturated rings. The molecule has 0 saturated carbocycles. The van der Waals surface area contributed by atoms with Crippen LogP contribution in [0.2, 0.25) is 10.0 Å². The van der Waals surface area contributed by atoms with Gasteiger partial charge in [0.1, 0.15) is 11.4 Å². The lowest BCUT2D eigenvalue weighted by Gasteiger charge is -2.09. The Balaban J connectivity index is 2.96. The SMILES string of the molecule is CCOC(=O)CNS(=O)(=O)c1ccc(Cl)c(F)c1Cl. The normalized spacial score (nSPS) is 11.4. The van der Waals surface area contributed by atoms with E-state index in [0.29, 0.717) is 0 Å². The molecule has 1 aromatic rings. The van der Waals surface area contributed by atoms with Gasteiger partial charge in [0.15, 0.2) is 5.82 Å². The number of rotatable bonds is 5. The van der Waals surface area contributed by atoms with E-state index in [2.05, 4.69) is 4.74 Å². The van der Waals surface area contributed by atoms with E-state index in [4.69, 9.17) is 23.2 Å². The Morgan fingerprint density at radius 1 is 1.42 bits per heavy atom. The van der Waals surface area contributed by atoms with Gasteiger partial charge in [-0.1, -0.05) is 23.2 Å². The van der Waals surface area contributed by atoms with Crippen molar-refractivity contribution in [3.8, 4) is 0 Å². The molecule has 0 radical (unpaired) electrons. The van der Waals surface area contributed by atoms with Gasteiger partial charge in [-0.3, -0.25) is 4.79 Å². The van der Waals surface area contributed by atoms with E-state index in [1.54, 1.807) is 6.92 Å². The molecule has 1 aromatic carbocycles. The van der Waals surface area contributed by atoms with E-state index in [1.165, 1.54) is 0 Å². The van der Waals surface area contributed by atoms with Crippen molar-refractivity contribution in [2.75, 3.05) is 13.2 Å². The molecule has 0 aliphatic carbocycles. The third kappa shape index (κ3) is 4.04. The summed E-state index contributed by atoms with van der Waals surface area (Å²) in [5.41, 5.74) is 0. The fourth-order valence-electron chi connectivity index (χ4n) is 1.16. The Kier molecular flexibility index (Phi) is 5.54. The van der Waals surface area contributed by atoms with E-state index in [-0.39, 0.29) is 11.6 Å². The summed E-state index contributed by atoms with van der Waals surface area (Å²) in [4.78, 5) is 10.6. The summed E-state index contributed by atoms with van der Waals surface area (Å²) in [5.74, 6) is -1.79. The van der Waals surface area contributed by atoms with Gasteiger partial charge < -0.3 is 4.74 Å². The van der Waals surface area contributed by atoms with Crippen LogP contribution in [0.4, 0.5) is 4.39 Å². The number of halogens is 3. The van der Waals surface area contributed by atoms with E-state index < -0.39 is 38.3 Å². The maximum Gasteiger partial charge on any atom is 0.321 e. The van der Waals surface area contributed by atoms with Gasteiger partial charge in [0.25, 0.3) is 0 Å². The number of nitrogens with one attached hydrogen (secondary N) is 1. The molecule has 0 unspecified atom stereocenters. The lowest BCUT2D eigenvalue weighted by atomic mass is 10.3. The second-order valence-corrected chi connectivity index (χ2v) is 5.82. The van der Waals surface area contributed by atoms with Crippen molar-refractivity contribution in [1.29, 1.82) is 0 Å².